The van der Waals surface area contributed by atoms with Gasteiger partial charge < -0.3 is 9.26 Å². The van der Waals surface area contributed by atoms with E-state index in [0.717, 1.165) is 18.9 Å². The number of ether oxygens (including phenoxy) is 1. The van der Waals surface area contributed by atoms with Crippen molar-refractivity contribution in [1.82, 2.24) is 14.9 Å². The lowest BCUT2D eigenvalue weighted by Gasteiger charge is -2.13. The standard InChI is InChI=1S/C18H21Cl2N3O5S/c1-9(15-21-17(22-28-15)18(2,3)4)27-16(24)11-7-14(13(20)8-12(11)19)29(25,26)23-10-5-6-10/h7-10,23H,5-6H2,1-4H3. The molecule has 1 saturated carbocycles. The highest BCUT2D eigenvalue weighted by Gasteiger charge is 2.31. The minimum Gasteiger partial charge on any atom is -0.449 e. The van der Waals surface area contributed by atoms with Crippen LogP contribution in [-0.4, -0.2) is 30.6 Å². The topological polar surface area (TPSA) is 111 Å². The van der Waals surface area contributed by atoms with Gasteiger partial charge in [-0.1, -0.05) is 49.1 Å². The second-order valence-electron chi connectivity index (χ2n) is 7.91. The fourth-order valence-electron chi connectivity index (χ4n) is 2.35. The molecule has 1 aliphatic rings. The number of halogens is 2. The van der Waals surface area contributed by atoms with Crippen molar-refractivity contribution in [1.29, 1.82) is 0 Å². The van der Waals surface area contributed by atoms with Crippen LogP contribution in [0.4, 0.5) is 0 Å². The van der Waals surface area contributed by atoms with E-state index < -0.39 is 22.1 Å². The maximum atomic E-state index is 12.6. The molecule has 0 amide bonds. The monoisotopic (exact) mass is 461 g/mol. The largest absolute Gasteiger partial charge is 0.449 e. The molecule has 158 valence electrons. The lowest BCUT2D eigenvalue weighted by atomic mass is 9.96. The molecule has 0 radical (unpaired) electrons. The van der Waals surface area contributed by atoms with E-state index in [1.54, 1.807) is 6.92 Å². The summed E-state index contributed by atoms with van der Waals surface area (Å²) in [6.45, 7) is 7.32. The van der Waals surface area contributed by atoms with Crippen LogP contribution in [0.3, 0.4) is 0 Å². The molecule has 11 heteroatoms. The molecule has 1 heterocycles. The number of nitrogens with zero attached hydrogens (tertiary/aromatic N) is 2. The van der Waals surface area contributed by atoms with E-state index in [-0.39, 0.29) is 37.9 Å². The van der Waals surface area contributed by atoms with Gasteiger partial charge in [0.05, 0.1) is 15.6 Å². The average Bonchev–Trinajstić information content (AvgIpc) is 3.22. The van der Waals surface area contributed by atoms with Crippen LogP contribution in [0, 0.1) is 0 Å². The molecule has 1 N–H and O–H groups in total. The molecular weight excluding hydrogens is 441 g/mol. The first kappa shape index (κ1) is 22.0. The Bertz CT molecular complexity index is 1040. The third-order valence-corrected chi connectivity index (χ3v) is 6.47. The summed E-state index contributed by atoms with van der Waals surface area (Å²) in [6.07, 6.45) is 0.664. The number of hydrogen-bond donors (Lipinski definition) is 1. The Morgan fingerprint density at radius 3 is 2.48 bits per heavy atom. The molecule has 8 nitrogen and oxygen atoms in total. The van der Waals surface area contributed by atoms with Crippen LogP contribution in [0.1, 0.15) is 68.7 Å². The number of aromatic nitrogens is 2. The average molecular weight is 462 g/mol. The summed E-state index contributed by atoms with van der Waals surface area (Å²) in [5, 5.41) is 3.78. The summed E-state index contributed by atoms with van der Waals surface area (Å²) in [5.41, 5.74) is -0.461. The van der Waals surface area contributed by atoms with E-state index >= 15 is 0 Å². The highest BCUT2D eigenvalue weighted by molar-refractivity contribution is 7.89. The van der Waals surface area contributed by atoms with Crippen LogP contribution in [0.5, 0.6) is 0 Å². The molecule has 1 aromatic carbocycles. The number of benzene rings is 1. The molecule has 3 rings (SSSR count). The van der Waals surface area contributed by atoms with E-state index in [4.69, 9.17) is 32.5 Å². The maximum Gasteiger partial charge on any atom is 0.340 e. The van der Waals surface area contributed by atoms with E-state index in [0.29, 0.717) is 5.82 Å². The number of esters is 1. The summed E-state index contributed by atoms with van der Waals surface area (Å²) in [7, 11) is -3.88. The van der Waals surface area contributed by atoms with Crippen molar-refractivity contribution in [2.75, 3.05) is 0 Å². The summed E-state index contributed by atoms with van der Waals surface area (Å²) < 4.78 is 38.0. The number of sulfonamides is 1. The van der Waals surface area contributed by atoms with Crippen LogP contribution in [0.25, 0.3) is 0 Å². The molecule has 1 fully saturated rings. The quantitative estimate of drug-likeness (QED) is 0.645. The van der Waals surface area contributed by atoms with Gasteiger partial charge >= 0.3 is 5.97 Å². The van der Waals surface area contributed by atoms with Crippen LogP contribution in [0.2, 0.25) is 10.0 Å². The summed E-state index contributed by atoms with van der Waals surface area (Å²) in [4.78, 5) is 16.6. The minimum atomic E-state index is -3.88. The molecular formula is C18H21Cl2N3O5S. The Balaban J connectivity index is 1.83. The van der Waals surface area contributed by atoms with E-state index in [1.165, 1.54) is 6.07 Å². The first-order valence-corrected chi connectivity index (χ1v) is 11.2. The number of carbonyl (C=O) groups excluding carboxylic acids is 1. The SMILES string of the molecule is CC(OC(=O)c1cc(S(=O)(=O)NC2CC2)c(Cl)cc1Cl)c1nc(C(C)(C)C)no1. The van der Waals surface area contributed by atoms with Crippen LogP contribution >= 0.6 is 23.2 Å². The fourth-order valence-corrected chi connectivity index (χ4v) is 4.51. The molecule has 2 aromatic rings. The third-order valence-electron chi connectivity index (χ3n) is 4.17. The summed E-state index contributed by atoms with van der Waals surface area (Å²) in [5.74, 6) is -0.242. The maximum absolute atomic E-state index is 12.6. The van der Waals surface area contributed by atoms with Gasteiger partial charge in [0.2, 0.25) is 10.0 Å². The Morgan fingerprint density at radius 1 is 1.28 bits per heavy atom. The highest BCUT2D eigenvalue weighted by atomic mass is 35.5. The zero-order valence-corrected chi connectivity index (χ0v) is 18.7. The molecule has 0 bridgehead atoms. The smallest absolute Gasteiger partial charge is 0.340 e. The predicted octanol–water partition coefficient (Wildman–Crippen LogP) is 4.03. The summed E-state index contributed by atoms with van der Waals surface area (Å²) in [6, 6.07) is 2.20. The van der Waals surface area contributed by atoms with Crippen molar-refractivity contribution >= 4 is 39.2 Å². The lowest BCUT2D eigenvalue weighted by Crippen LogP contribution is -2.26. The van der Waals surface area contributed by atoms with Gasteiger partial charge in [0.25, 0.3) is 5.89 Å². The highest BCUT2D eigenvalue weighted by Crippen LogP contribution is 2.32. The van der Waals surface area contributed by atoms with Crippen LogP contribution < -0.4 is 4.72 Å². The molecule has 0 aliphatic heterocycles. The van der Waals surface area contributed by atoms with Crippen LogP contribution in [0.15, 0.2) is 21.6 Å². The second kappa shape index (κ2) is 7.86. The number of rotatable bonds is 6. The Morgan fingerprint density at radius 2 is 1.93 bits per heavy atom. The predicted molar refractivity (Wildman–Crippen MR) is 107 cm³/mol. The normalized spacial score (nSPS) is 15.9. The Kier molecular flexibility index (Phi) is 5.97. The first-order chi connectivity index (χ1) is 13.4. The van der Waals surface area contributed by atoms with E-state index in [1.807, 2.05) is 20.8 Å². The zero-order valence-electron chi connectivity index (χ0n) is 16.3. The van der Waals surface area contributed by atoms with Crippen molar-refractivity contribution in [3.63, 3.8) is 0 Å². The summed E-state index contributed by atoms with van der Waals surface area (Å²) >= 11 is 12.2. The molecule has 1 unspecified atom stereocenters. The zero-order chi connectivity index (χ0) is 21.6. The van der Waals surface area contributed by atoms with Crippen molar-refractivity contribution in [2.45, 2.75) is 63.0 Å². The Labute approximate surface area is 179 Å². The van der Waals surface area contributed by atoms with Crippen molar-refractivity contribution in [3.8, 4) is 0 Å². The van der Waals surface area contributed by atoms with Gasteiger partial charge in [0.1, 0.15) is 4.90 Å². The van der Waals surface area contributed by atoms with Gasteiger partial charge in [-0.2, -0.15) is 4.98 Å². The number of carbonyl (C=O) groups is 1. The molecule has 29 heavy (non-hydrogen) atoms. The van der Waals surface area contributed by atoms with Gasteiger partial charge in [-0.3, -0.25) is 0 Å². The third kappa shape index (κ3) is 5.09. The molecule has 1 atom stereocenters. The minimum absolute atomic E-state index is 0.0292. The number of nitrogens with one attached hydrogen (secondary N) is 1. The van der Waals surface area contributed by atoms with E-state index in [9.17, 15) is 13.2 Å². The van der Waals surface area contributed by atoms with Gasteiger partial charge in [0, 0.05) is 11.5 Å². The molecule has 0 spiro atoms. The van der Waals surface area contributed by atoms with Crippen molar-refractivity contribution < 1.29 is 22.5 Å². The van der Waals surface area contributed by atoms with Crippen molar-refractivity contribution in [2.24, 2.45) is 0 Å². The number of hydrogen-bond acceptors (Lipinski definition) is 7. The first-order valence-electron chi connectivity index (χ1n) is 8.95. The van der Waals surface area contributed by atoms with E-state index in [2.05, 4.69) is 14.9 Å². The fraction of sp³-hybridized carbons (Fsp3) is 0.500. The van der Waals surface area contributed by atoms with Gasteiger partial charge in [-0.05, 0) is 31.9 Å². The van der Waals surface area contributed by atoms with Crippen molar-refractivity contribution in [3.05, 3.63) is 39.5 Å². The van der Waals surface area contributed by atoms with Crippen LogP contribution in [-0.2, 0) is 20.2 Å². The van der Waals surface area contributed by atoms with Gasteiger partial charge in [-0.25, -0.2) is 17.9 Å². The van der Waals surface area contributed by atoms with Gasteiger partial charge in [-0.15, -0.1) is 0 Å². The Hall–Kier alpha value is -1.68. The van der Waals surface area contributed by atoms with Gasteiger partial charge in [0.15, 0.2) is 11.9 Å². The second-order valence-corrected chi connectivity index (χ2v) is 10.4. The molecule has 0 saturated heterocycles. The molecule has 1 aliphatic carbocycles. The molecule has 1 aromatic heterocycles. The lowest BCUT2D eigenvalue weighted by molar-refractivity contribution is 0.0265.